The smallest absolute Gasteiger partial charge is 0.156 e. The average molecular weight is 405 g/mol. The van der Waals surface area contributed by atoms with Crippen molar-refractivity contribution in [3.63, 3.8) is 0 Å². The lowest BCUT2D eigenvalue weighted by molar-refractivity contribution is -0.127. The molecule has 0 spiro atoms. The first kappa shape index (κ1) is 18.3. The SMILES string of the molecule is CC(C)(O)O.O=CC1CCC(n2cc(Br)c3c(Cl)ncnc32)C1. The average Bonchev–Trinajstić information content (AvgIpc) is 3.02. The van der Waals surface area contributed by atoms with Crippen molar-refractivity contribution in [3.05, 3.63) is 22.1 Å². The zero-order valence-electron chi connectivity index (χ0n) is 12.9. The summed E-state index contributed by atoms with van der Waals surface area (Å²) in [5, 5.41) is 17.4. The van der Waals surface area contributed by atoms with Crippen molar-refractivity contribution in [2.24, 2.45) is 5.92 Å². The van der Waals surface area contributed by atoms with Crippen LogP contribution in [0.5, 0.6) is 0 Å². The first-order chi connectivity index (χ1) is 10.7. The first-order valence-electron chi connectivity index (χ1n) is 7.27. The molecule has 3 rings (SSSR count). The second kappa shape index (κ2) is 7.25. The van der Waals surface area contributed by atoms with Gasteiger partial charge in [0, 0.05) is 22.6 Å². The Morgan fingerprint density at radius 3 is 2.61 bits per heavy atom. The summed E-state index contributed by atoms with van der Waals surface area (Å²) < 4.78 is 3.01. The Kier molecular flexibility index (Phi) is 5.78. The number of fused-ring (bicyclic) bond motifs is 1. The minimum absolute atomic E-state index is 0.170. The highest BCUT2D eigenvalue weighted by molar-refractivity contribution is 9.10. The molecule has 6 nitrogen and oxygen atoms in total. The van der Waals surface area contributed by atoms with Crippen LogP contribution in [-0.4, -0.2) is 36.8 Å². The monoisotopic (exact) mass is 403 g/mol. The number of hydrogen-bond donors (Lipinski definition) is 2. The normalized spacial score (nSPS) is 21.1. The minimum Gasteiger partial charge on any atom is -0.366 e. The lowest BCUT2D eigenvalue weighted by atomic mass is 10.1. The molecule has 0 radical (unpaired) electrons. The number of aliphatic hydroxyl groups is 2. The Balaban J connectivity index is 0.000000338. The zero-order valence-corrected chi connectivity index (χ0v) is 15.3. The summed E-state index contributed by atoms with van der Waals surface area (Å²) in [5.41, 5.74) is 0.832. The minimum atomic E-state index is -1.50. The van der Waals surface area contributed by atoms with Crippen LogP contribution >= 0.6 is 27.5 Å². The molecule has 2 N–H and O–H groups in total. The number of nitrogens with zero attached hydrogens (tertiary/aromatic N) is 3. The fourth-order valence-corrected chi connectivity index (χ4v) is 3.58. The summed E-state index contributed by atoms with van der Waals surface area (Å²) in [7, 11) is 0. The van der Waals surface area contributed by atoms with Gasteiger partial charge in [0.2, 0.25) is 0 Å². The molecule has 2 aromatic heterocycles. The van der Waals surface area contributed by atoms with E-state index in [1.165, 1.54) is 20.2 Å². The van der Waals surface area contributed by atoms with E-state index in [0.717, 1.165) is 41.1 Å². The molecule has 1 aliphatic rings. The van der Waals surface area contributed by atoms with Gasteiger partial charge in [0.25, 0.3) is 0 Å². The van der Waals surface area contributed by atoms with E-state index in [-0.39, 0.29) is 5.92 Å². The number of hydrogen-bond acceptors (Lipinski definition) is 5. The van der Waals surface area contributed by atoms with Crippen LogP contribution in [0.25, 0.3) is 11.0 Å². The molecule has 1 saturated carbocycles. The van der Waals surface area contributed by atoms with Gasteiger partial charge in [-0.2, -0.15) is 0 Å². The van der Waals surface area contributed by atoms with Gasteiger partial charge in [-0.1, -0.05) is 11.6 Å². The van der Waals surface area contributed by atoms with E-state index in [4.69, 9.17) is 21.8 Å². The summed E-state index contributed by atoms with van der Waals surface area (Å²) in [6, 6.07) is 0.319. The number of carbonyl (C=O) groups is 1. The van der Waals surface area contributed by atoms with E-state index >= 15 is 0 Å². The topological polar surface area (TPSA) is 88.2 Å². The van der Waals surface area contributed by atoms with Crippen molar-refractivity contribution in [1.29, 1.82) is 0 Å². The Morgan fingerprint density at radius 1 is 1.39 bits per heavy atom. The highest BCUT2D eigenvalue weighted by Gasteiger charge is 2.27. The highest BCUT2D eigenvalue weighted by Crippen LogP contribution is 2.38. The molecule has 0 saturated heterocycles. The Morgan fingerprint density at radius 2 is 2.04 bits per heavy atom. The van der Waals surface area contributed by atoms with E-state index in [1.807, 2.05) is 6.20 Å². The third-order valence-electron chi connectivity index (χ3n) is 3.55. The van der Waals surface area contributed by atoms with Crippen molar-refractivity contribution >= 4 is 44.9 Å². The standard InChI is InChI=1S/C12H11BrClN3O.C3H8O2/c13-9-4-17(8-2-1-7(3-8)5-18)12-10(9)11(14)15-6-16-12;1-3(2,4)5/h4-8H,1-3H2;4-5H,1-2H3. The molecule has 2 heterocycles. The molecule has 1 aliphatic carbocycles. The molecule has 126 valence electrons. The Labute approximate surface area is 147 Å². The number of halogens is 2. The largest absolute Gasteiger partial charge is 0.366 e. The quantitative estimate of drug-likeness (QED) is 0.456. The summed E-state index contributed by atoms with van der Waals surface area (Å²) in [6.07, 6.45) is 7.35. The molecular formula is C15H19BrClN3O3. The Bertz CT molecular complexity index is 693. The molecule has 0 amide bonds. The number of rotatable bonds is 2. The molecule has 1 fully saturated rings. The summed E-state index contributed by atoms with van der Waals surface area (Å²) in [4.78, 5) is 19.1. The zero-order chi connectivity index (χ0) is 17.2. The van der Waals surface area contributed by atoms with E-state index < -0.39 is 5.79 Å². The molecule has 2 unspecified atom stereocenters. The van der Waals surface area contributed by atoms with Crippen molar-refractivity contribution < 1.29 is 15.0 Å². The highest BCUT2D eigenvalue weighted by atomic mass is 79.9. The van der Waals surface area contributed by atoms with Gasteiger partial charge >= 0.3 is 0 Å². The summed E-state index contributed by atoms with van der Waals surface area (Å²) >= 11 is 9.58. The maximum atomic E-state index is 10.8. The van der Waals surface area contributed by atoms with Crippen LogP contribution in [0.15, 0.2) is 17.0 Å². The van der Waals surface area contributed by atoms with E-state index in [2.05, 4.69) is 30.5 Å². The Hall–Kier alpha value is -1.02. The van der Waals surface area contributed by atoms with Crippen molar-refractivity contribution in [3.8, 4) is 0 Å². The molecule has 8 heteroatoms. The fraction of sp³-hybridized carbons (Fsp3) is 0.533. The van der Waals surface area contributed by atoms with Gasteiger partial charge in [-0.15, -0.1) is 0 Å². The lowest BCUT2D eigenvalue weighted by Gasteiger charge is -2.12. The molecule has 0 aromatic carbocycles. The van der Waals surface area contributed by atoms with Crippen LogP contribution in [-0.2, 0) is 4.79 Å². The van der Waals surface area contributed by atoms with Crippen LogP contribution in [0.3, 0.4) is 0 Å². The third-order valence-corrected chi connectivity index (χ3v) is 4.44. The van der Waals surface area contributed by atoms with Gasteiger partial charge in [0.05, 0.1) is 5.39 Å². The predicted octanol–water partition coefficient (Wildman–Crippen LogP) is 3.09. The molecule has 2 aromatic rings. The molecular weight excluding hydrogens is 386 g/mol. The molecule has 23 heavy (non-hydrogen) atoms. The van der Waals surface area contributed by atoms with Gasteiger partial charge in [0.1, 0.15) is 23.4 Å². The lowest BCUT2D eigenvalue weighted by Crippen LogP contribution is -2.15. The fourth-order valence-electron chi connectivity index (χ4n) is 2.65. The van der Waals surface area contributed by atoms with Gasteiger partial charge in [0.15, 0.2) is 5.79 Å². The molecule has 0 bridgehead atoms. The van der Waals surface area contributed by atoms with Crippen LogP contribution < -0.4 is 0 Å². The number of carbonyl (C=O) groups excluding carboxylic acids is 1. The van der Waals surface area contributed by atoms with Gasteiger partial charge < -0.3 is 19.6 Å². The molecule has 0 aliphatic heterocycles. The van der Waals surface area contributed by atoms with E-state index in [9.17, 15) is 4.79 Å². The van der Waals surface area contributed by atoms with Crippen LogP contribution in [0.2, 0.25) is 5.15 Å². The third kappa shape index (κ3) is 4.73. The maximum Gasteiger partial charge on any atom is 0.156 e. The molecule has 2 atom stereocenters. The maximum absolute atomic E-state index is 10.8. The van der Waals surface area contributed by atoms with Crippen LogP contribution in [0.4, 0.5) is 0 Å². The number of aldehydes is 1. The second-order valence-electron chi connectivity index (χ2n) is 6.10. The van der Waals surface area contributed by atoms with Gasteiger partial charge in [-0.25, -0.2) is 9.97 Å². The summed E-state index contributed by atoms with van der Waals surface area (Å²) in [6.45, 7) is 2.60. The number of aromatic nitrogens is 3. The van der Waals surface area contributed by atoms with Crippen molar-refractivity contribution in [1.82, 2.24) is 14.5 Å². The first-order valence-corrected chi connectivity index (χ1v) is 8.44. The van der Waals surface area contributed by atoms with Gasteiger partial charge in [-0.05, 0) is 49.0 Å². The summed E-state index contributed by atoms with van der Waals surface area (Å²) in [5.74, 6) is -1.33. The van der Waals surface area contributed by atoms with E-state index in [1.54, 1.807) is 0 Å². The van der Waals surface area contributed by atoms with Crippen molar-refractivity contribution in [2.75, 3.05) is 0 Å². The predicted molar refractivity (Wildman–Crippen MR) is 91.2 cm³/mol. The second-order valence-corrected chi connectivity index (χ2v) is 7.32. The van der Waals surface area contributed by atoms with Gasteiger partial charge in [-0.3, -0.25) is 0 Å². The van der Waals surface area contributed by atoms with Crippen LogP contribution in [0, 0.1) is 5.92 Å². The van der Waals surface area contributed by atoms with Crippen LogP contribution in [0.1, 0.15) is 39.2 Å². The van der Waals surface area contributed by atoms with E-state index in [0.29, 0.717) is 11.2 Å². The van der Waals surface area contributed by atoms with Crippen molar-refractivity contribution in [2.45, 2.75) is 44.9 Å².